The molecule has 88 valence electrons. The first-order chi connectivity index (χ1) is 8.08. The van der Waals surface area contributed by atoms with Gasteiger partial charge in [0, 0.05) is 24.0 Å². The molecule has 1 aromatic heterocycles. The molecule has 1 aromatic carbocycles. The first kappa shape index (κ1) is 11.7. The maximum absolute atomic E-state index is 13.2. The first-order valence-electron chi connectivity index (χ1n) is 5.48. The number of pyridine rings is 1. The van der Waals surface area contributed by atoms with Gasteiger partial charge in [-0.1, -0.05) is 13.8 Å². The molecule has 1 heterocycles. The predicted octanol–water partition coefficient (Wildman–Crippen LogP) is 4.15. The van der Waals surface area contributed by atoms with Crippen LogP contribution in [0, 0.1) is 11.6 Å². The van der Waals surface area contributed by atoms with Crippen molar-refractivity contribution in [2.45, 2.75) is 19.8 Å². The Hall–Kier alpha value is -1.77. The number of hydrogen-bond acceptors (Lipinski definition) is 1. The number of hydrogen-bond donors (Lipinski definition) is 0. The van der Waals surface area contributed by atoms with E-state index in [9.17, 15) is 8.78 Å². The van der Waals surface area contributed by atoms with E-state index in [1.807, 2.05) is 19.9 Å². The predicted molar refractivity (Wildman–Crippen MR) is 63.7 cm³/mol. The average Bonchev–Trinajstić information content (AvgIpc) is 2.27. The summed E-state index contributed by atoms with van der Waals surface area (Å²) in [4.78, 5) is 4.02. The van der Waals surface area contributed by atoms with Crippen LogP contribution >= 0.6 is 0 Å². The molecule has 0 fully saturated rings. The summed E-state index contributed by atoms with van der Waals surface area (Å²) >= 11 is 0. The quantitative estimate of drug-likeness (QED) is 0.759. The summed E-state index contributed by atoms with van der Waals surface area (Å²) in [5.74, 6) is -0.864. The summed E-state index contributed by atoms with van der Waals surface area (Å²) < 4.78 is 26.4. The molecular weight excluding hydrogens is 220 g/mol. The standard InChI is InChI=1S/C14H13F2N/c1-9(2)13-3-4-17-8-14(13)10-5-11(15)7-12(16)6-10/h3-9H,1-2H3. The van der Waals surface area contributed by atoms with Crippen LogP contribution in [0.15, 0.2) is 36.7 Å². The van der Waals surface area contributed by atoms with E-state index >= 15 is 0 Å². The minimum atomic E-state index is -0.571. The molecule has 1 nitrogen and oxygen atoms in total. The van der Waals surface area contributed by atoms with Gasteiger partial charge >= 0.3 is 0 Å². The summed E-state index contributed by atoms with van der Waals surface area (Å²) in [6, 6.07) is 5.40. The van der Waals surface area contributed by atoms with Gasteiger partial charge in [-0.2, -0.15) is 0 Å². The van der Waals surface area contributed by atoms with Gasteiger partial charge in [0.25, 0.3) is 0 Å². The van der Waals surface area contributed by atoms with Gasteiger partial charge < -0.3 is 0 Å². The molecule has 2 rings (SSSR count). The summed E-state index contributed by atoms with van der Waals surface area (Å²) in [6.07, 6.45) is 3.33. The fourth-order valence-corrected chi connectivity index (χ4v) is 1.86. The van der Waals surface area contributed by atoms with Gasteiger partial charge in [0.1, 0.15) is 11.6 Å². The fraction of sp³-hybridized carbons (Fsp3) is 0.214. The van der Waals surface area contributed by atoms with Crippen molar-refractivity contribution in [1.29, 1.82) is 0 Å². The Morgan fingerprint density at radius 3 is 2.29 bits per heavy atom. The van der Waals surface area contributed by atoms with Crippen molar-refractivity contribution in [1.82, 2.24) is 4.98 Å². The molecule has 3 heteroatoms. The zero-order valence-corrected chi connectivity index (χ0v) is 9.74. The van der Waals surface area contributed by atoms with Crippen LogP contribution in [0.2, 0.25) is 0 Å². The highest BCUT2D eigenvalue weighted by atomic mass is 19.1. The third kappa shape index (κ3) is 2.49. The van der Waals surface area contributed by atoms with E-state index in [0.29, 0.717) is 5.56 Å². The summed E-state index contributed by atoms with van der Waals surface area (Å²) in [7, 11) is 0. The van der Waals surface area contributed by atoms with Crippen LogP contribution in [0.5, 0.6) is 0 Å². The van der Waals surface area contributed by atoms with E-state index in [1.54, 1.807) is 12.4 Å². The third-order valence-electron chi connectivity index (χ3n) is 2.65. The van der Waals surface area contributed by atoms with Gasteiger partial charge in [-0.3, -0.25) is 4.98 Å². The van der Waals surface area contributed by atoms with Crippen LogP contribution in [-0.2, 0) is 0 Å². The first-order valence-corrected chi connectivity index (χ1v) is 5.48. The molecule has 17 heavy (non-hydrogen) atoms. The Balaban J connectivity index is 2.60. The van der Waals surface area contributed by atoms with Crippen LogP contribution in [0.25, 0.3) is 11.1 Å². The van der Waals surface area contributed by atoms with E-state index in [1.165, 1.54) is 12.1 Å². The highest BCUT2D eigenvalue weighted by Crippen LogP contribution is 2.29. The molecule has 0 amide bonds. The lowest BCUT2D eigenvalue weighted by atomic mass is 9.94. The molecule has 0 bridgehead atoms. The van der Waals surface area contributed by atoms with Crippen molar-refractivity contribution < 1.29 is 8.78 Å². The molecule has 0 aliphatic rings. The van der Waals surface area contributed by atoms with E-state index in [2.05, 4.69) is 4.98 Å². The Labute approximate surface area is 99.1 Å². The van der Waals surface area contributed by atoms with Crippen LogP contribution in [0.1, 0.15) is 25.3 Å². The van der Waals surface area contributed by atoms with E-state index in [4.69, 9.17) is 0 Å². The molecule has 0 aliphatic carbocycles. The highest BCUT2D eigenvalue weighted by molar-refractivity contribution is 5.67. The fourth-order valence-electron chi connectivity index (χ4n) is 1.86. The maximum atomic E-state index is 13.2. The molecular formula is C14H13F2N. The van der Waals surface area contributed by atoms with Gasteiger partial charge in [0.05, 0.1) is 0 Å². The van der Waals surface area contributed by atoms with Crippen molar-refractivity contribution in [2.75, 3.05) is 0 Å². The highest BCUT2D eigenvalue weighted by Gasteiger charge is 2.10. The number of halogens is 2. The lowest BCUT2D eigenvalue weighted by Gasteiger charge is -2.12. The van der Waals surface area contributed by atoms with E-state index < -0.39 is 11.6 Å². The normalized spacial score (nSPS) is 10.9. The monoisotopic (exact) mass is 233 g/mol. The molecule has 0 N–H and O–H groups in total. The molecule has 0 saturated heterocycles. The Bertz CT molecular complexity index is 515. The molecule has 0 saturated carbocycles. The van der Waals surface area contributed by atoms with Crippen molar-refractivity contribution in [3.05, 3.63) is 53.9 Å². The second kappa shape index (κ2) is 4.62. The largest absolute Gasteiger partial charge is 0.264 e. The van der Waals surface area contributed by atoms with Crippen molar-refractivity contribution in [2.24, 2.45) is 0 Å². The molecule has 0 unspecified atom stereocenters. The number of nitrogens with zero attached hydrogens (tertiary/aromatic N) is 1. The van der Waals surface area contributed by atoms with Crippen molar-refractivity contribution in [3.8, 4) is 11.1 Å². The second-order valence-electron chi connectivity index (χ2n) is 4.28. The summed E-state index contributed by atoms with van der Waals surface area (Å²) in [6.45, 7) is 4.07. The van der Waals surface area contributed by atoms with Crippen molar-refractivity contribution >= 4 is 0 Å². The Morgan fingerprint density at radius 2 is 1.71 bits per heavy atom. The lowest BCUT2D eigenvalue weighted by molar-refractivity contribution is 0.584. The molecule has 0 aliphatic heterocycles. The van der Waals surface area contributed by atoms with Crippen LogP contribution in [0.4, 0.5) is 8.78 Å². The zero-order valence-electron chi connectivity index (χ0n) is 9.74. The minimum Gasteiger partial charge on any atom is -0.264 e. The Morgan fingerprint density at radius 1 is 1.06 bits per heavy atom. The smallest absolute Gasteiger partial charge is 0.126 e. The van der Waals surface area contributed by atoms with E-state index in [0.717, 1.165) is 17.2 Å². The van der Waals surface area contributed by atoms with Gasteiger partial charge in [-0.15, -0.1) is 0 Å². The zero-order chi connectivity index (χ0) is 12.4. The van der Waals surface area contributed by atoms with Crippen molar-refractivity contribution in [3.63, 3.8) is 0 Å². The van der Waals surface area contributed by atoms with Crippen LogP contribution in [0.3, 0.4) is 0 Å². The minimum absolute atomic E-state index is 0.277. The number of rotatable bonds is 2. The molecule has 0 radical (unpaired) electrons. The van der Waals surface area contributed by atoms with E-state index in [-0.39, 0.29) is 5.92 Å². The SMILES string of the molecule is CC(C)c1ccncc1-c1cc(F)cc(F)c1. The van der Waals surface area contributed by atoms with Gasteiger partial charge in [-0.05, 0) is 35.2 Å². The lowest BCUT2D eigenvalue weighted by Crippen LogP contribution is -1.94. The molecule has 0 atom stereocenters. The Kier molecular flexibility index (Phi) is 3.18. The topological polar surface area (TPSA) is 12.9 Å². The van der Waals surface area contributed by atoms with Crippen LogP contribution in [-0.4, -0.2) is 4.98 Å². The molecule has 2 aromatic rings. The van der Waals surface area contributed by atoms with Crippen LogP contribution < -0.4 is 0 Å². The summed E-state index contributed by atoms with van der Waals surface area (Å²) in [5.41, 5.74) is 2.34. The third-order valence-corrected chi connectivity index (χ3v) is 2.65. The average molecular weight is 233 g/mol. The molecule has 0 spiro atoms. The van der Waals surface area contributed by atoms with Gasteiger partial charge in [0.15, 0.2) is 0 Å². The summed E-state index contributed by atoms with van der Waals surface area (Å²) in [5, 5.41) is 0. The second-order valence-corrected chi connectivity index (χ2v) is 4.28. The maximum Gasteiger partial charge on any atom is 0.126 e. The van der Waals surface area contributed by atoms with Gasteiger partial charge in [0.2, 0.25) is 0 Å². The number of benzene rings is 1. The van der Waals surface area contributed by atoms with Gasteiger partial charge in [-0.25, -0.2) is 8.78 Å². The number of aromatic nitrogens is 1.